The second-order valence-electron chi connectivity index (χ2n) is 4.77. The number of carbonyl (C=O) groups is 1. The van der Waals surface area contributed by atoms with E-state index in [-0.39, 0.29) is 12.2 Å². The Morgan fingerprint density at radius 2 is 2.20 bits per heavy atom. The summed E-state index contributed by atoms with van der Waals surface area (Å²) in [5, 5.41) is 4.90. The second-order valence-corrected chi connectivity index (χ2v) is 6.09. The van der Waals surface area contributed by atoms with Crippen LogP contribution in [0.15, 0.2) is 34.9 Å². The first-order chi connectivity index (χ1) is 9.51. The summed E-state index contributed by atoms with van der Waals surface area (Å²) in [5.74, 6) is -0.0168. The van der Waals surface area contributed by atoms with Crippen LogP contribution in [0.1, 0.15) is 42.4 Å². The third-order valence-electron chi connectivity index (χ3n) is 3.28. The van der Waals surface area contributed by atoms with E-state index in [0.717, 1.165) is 16.6 Å². The lowest BCUT2D eigenvalue weighted by atomic mass is 10.1. The number of nitrogens with zero attached hydrogens (tertiary/aromatic N) is 2. The van der Waals surface area contributed by atoms with Crippen LogP contribution < -0.4 is 0 Å². The number of halogens is 2. The fraction of sp³-hybridized carbons (Fsp3) is 0.333. The van der Waals surface area contributed by atoms with E-state index in [2.05, 4.69) is 34.9 Å². The number of ketones is 1. The topological polar surface area (TPSA) is 34.9 Å². The molecule has 1 aromatic carbocycles. The molecule has 0 saturated heterocycles. The Morgan fingerprint density at radius 1 is 1.45 bits per heavy atom. The zero-order valence-electron chi connectivity index (χ0n) is 11.4. The van der Waals surface area contributed by atoms with E-state index in [1.807, 2.05) is 23.0 Å². The third-order valence-corrected chi connectivity index (χ3v) is 4.09. The highest BCUT2D eigenvalue weighted by Crippen LogP contribution is 2.22. The van der Waals surface area contributed by atoms with E-state index in [1.165, 1.54) is 0 Å². The van der Waals surface area contributed by atoms with Crippen LogP contribution in [0.5, 0.6) is 0 Å². The Balaban J connectivity index is 2.13. The van der Waals surface area contributed by atoms with Gasteiger partial charge in [0.05, 0.1) is 17.1 Å². The van der Waals surface area contributed by atoms with Crippen LogP contribution in [0.4, 0.5) is 0 Å². The third kappa shape index (κ3) is 3.49. The van der Waals surface area contributed by atoms with Gasteiger partial charge in [-0.05, 0) is 37.6 Å². The van der Waals surface area contributed by atoms with Gasteiger partial charge in [-0.2, -0.15) is 5.10 Å². The molecule has 3 nitrogen and oxygen atoms in total. The fourth-order valence-corrected chi connectivity index (χ4v) is 2.66. The molecule has 2 aromatic rings. The largest absolute Gasteiger partial charge is 0.294 e. The summed E-state index contributed by atoms with van der Waals surface area (Å²) >= 11 is 9.42. The number of benzene rings is 1. The first-order valence-electron chi connectivity index (χ1n) is 6.53. The summed E-state index contributed by atoms with van der Waals surface area (Å²) in [5.41, 5.74) is 1.31. The highest BCUT2D eigenvalue weighted by atomic mass is 79.9. The van der Waals surface area contributed by atoms with E-state index >= 15 is 0 Å². The lowest BCUT2D eigenvalue weighted by Crippen LogP contribution is -2.08. The molecule has 0 bridgehead atoms. The minimum atomic E-state index is -0.0168. The molecular weight excluding hydrogens is 340 g/mol. The van der Waals surface area contributed by atoms with Crippen molar-refractivity contribution < 1.29 is 4.79 Å². The number of hydrogen-bond acceptors (Lipinski definition) is 2. The molecule has 1 aromatic heterocycles. The van der Waals surface area contributed by atoms with Crippen molar-refractivity contribution in [2.75, 3.05) is 0 Å². The van der Waals surface area contributed by atoms with Gasteiger partial charge in [-0.1, -0.05) is 34.5 Å². The Labute approximate surface area is 132 Å². The summed E-state index contributed by atoms with van der Waals surface area (Å²) in [6.07, 6.45) is 3.19. The van der Waals surface area contributed by atoms with Gasteiger partial charge < -0.3 is 0 Å². The van der Waals surface area contributed by atoms with Crippen molar-refractivity contribution in [3.8, 4) is 0 Å². The molecule has 0 N–H and O–H groups in total. The highest BCUT2D eigenvalue weighted by Gasteiger charge is 2.13. The first kappa shape index (κ1) is 15.3. The zero-order valence-corrected chi connectivity index (χ0v) is 13.8. The molecule has 0 spiro atoms. The van der Waals surface area contributed by atoms with Crippen molar-refractivity contribution in [1.29, 1.82) is 0 Å². The Kier molecular flexibility index (Phi) is 5.00. The fourth-order valence-electron chi connectivity index (χ4n) is 1.88. The predicted octanol–water partition coefficient (Wildman–Crippen LogP) is 4.70. The maximum absolute atomic E-state index is 12.2. The second kappa shape index (κ2) is 6.55. The molecule has 5 heteroatoms. The van der Waals surface area contributed by atoms with Crippen LogP contribution in [0.25, 0.3) is 0 Å². The van der Waals surface area contributed by atoms with Gasteiger partial charge >= 0.3 is 0 Å². The Bertz CT molecular complexity index is 624. The van der Waals surface area contributed by atoms with Gasteiger partial charge in [-0.15, -0.1) is 0 Å². The van der Waals surface area contributed by atoms with Crippen molar-refractivity contribution in [2.45, 2.75) is 32.7 Å². The molecule has 1 atom stereocenters. The molecule has 106 valence electrons. The standard InChI is InChI=1S/C15H16BrClN2O/c1-3-10(2)19-7-6-12(18-19)9-15(20)13-5-4-11(16)8-14(13)17/h4-8,10H,3,9H2,1-2H3. The minimum Gasteiger partial charge on any atom is -0.294 e. The van der Waals surface area contributed by atoms with Gasteiger partial charge in [-0.3, -0.25) is 9.48 Å². The van der Waals surface area contributed by atoms with Gasteiger partial charge in [0.15, 0.2) is 5.78 Å². The zero-order chi connectivity index (χ0) is 14.7. The molecule has 0 aliphatic rings. The summed E-state index contributed by atoms with van der Waals surface area (Å²) < 4.78 is 2.76. The van der Waals surface area contributed by atoms with Gasteiger partial charge in [-0.25, -0.2) is 0 Å². The van der Waals surface area contributed by atoms with Crippen molar-refractivity contribution in [3.63, 3.8) is 0 Å². The lowest BCUT2D eigenvalue weighted by Gasteiger charge is -2.08. The van der Waals surface area contributed by atoms with Gasteiger partial charge in [0.25, 0.3) is 0 Å². The summed E-state index contributed by atoms with van der Waals surface area (Å²) in [6.45, 7) is 4.21. The number of hydrogen-bond donors (Lipinski definition) is 0. The molecule has 20 heavy (non-hydrogen) atoms. The van der Waals surface area contributed by atoms with Crippen molar-refractivity contribution in [3.05, 3.63) is 51.2 Å². The van der Waals surface area contributed by atoms with Crippen molar-refractivity contribution in [1.82, 2.24) is 9.78 Å². The number of Topliss-reactive ketones (excluding diaryl/α,β-unsaturated/α-hetero) is 1. The minimum absolute atomic E-state index is 0.0168. The average Bonchev–Trinajstić information content (AvgIpc) is 2.86. The van der Waals surface area contributed by atoms with Crippen LogP contribution in [-0.4, -0.2) is 15.6 Å². The molecule has 0 aliphatic carbocycles. The molecule has 0 fully saturated rings. The van der Waals surface area contributed by atoms with Gasteiger partial charge in [0.2, 0.25) is 0 Å². The van der Waals surface area contributed by atoms with E-state index in [4.69, 9.17) is 11.6 Å². The smallest absolute Gasteiger partial charge is 0.170 e. The summed E-state index contributed by atoms with van der Waals surface area (Å²) in [4.78, 5) is 12.2. The Morgan fingerprint density at radius 3 is 2.85 bits per heavy atom. The molecule has 0 aliphatic heterocycles. The van der Waals surface area contributed by atoms with Crippen LogP contribution in [-0.2, 0) is 6.42 Å². The predicted molar refractivity (Wildman–Crippen MR) is 84.4 cm³/mol. The lowest BCUT2D eigenvalue weighted by molar-refractivity contribution is 0.0992. The molecular formula is C15H16BrClN2O. The van der Waals surface area contributed by atoms with Gasteiger partial charge in [0.1, 0.15) is 0 Å². The highest BCUT2D eigenvalue weighted by molar-refractivity contribution is 9.10. The van der Waals surface area contributed by atoms with E-state index in [9.17, 15) is 4.79 Å². The van der Waals surface area contributed by atoms with E-state index in [0.29, 0.717) is 16.6 Å². The molecule has 2 rings (SSSR count). The first-order valence-corrected chi connectivity index (χ1v) is 7.70. The molecule has 0 amide bonds. The quantitative estimate of drug-likeness (QED) is 0.729. The van der Waals surface area contributed by atoms with E-state index < -0.39 is 0 Å². The summed E-state index contributed by atoms with van der Waals surface area (Å²) in [7, 11) is 0. The maximum atomic E-state index is 12.2. The molecule has 1 unspecified atom stereocenters. The Hall–Kier alpha value is -1.13. The molecule has 0 saturated carbocycles. The van der Waals surface area contributed by atoms with Crippen LogP contribution in [0.2, 0.25) is 5.02 Å². The van der Waals surface area contributed by atoms with Crippen molar-refractivity contribution >= 4 is 33.3 Å². The van der Waals surface area contributed by atoms with Crippen molar-refractivity contribution in [2.24, 2.45) is 0 Å². The monoisotopic (exact) mass is 354 g/mol. The number of aromatic nitrogens is 2. The van der Waals surface area contributed by atoms with Crippen LogP contribution >= 0.6 is 27.5 Å². The average molecular weight is 356 g/mol. The van der Waals surface area contributed by atoms with Gasteiger partial charge in [0, 0.05) is 22.3 Å². The number of rotatable bonds is 5. The van der Waals surface area contributed by atoms with E-state index in [1.54, 1.807) is 12.1 Å². The molecule has 1 heterocycles. The number of carbonyl (C=O) groups excluding carboxylic acids is 1. The van der Waals surface area contributed by atoms with Crippen LogP contribution in [0, 0.1) is 0 Å². The van der Waals surface area contributed by atoms with Crippen LogP contribution in [0.3, 0.4) is 0 Å². The molecule has 0 radical (unpaired) electrons. The normalized spacial score (nSPS) is 12.4. The SMILES string of the molecule is CCC(C)n1ccc(CC(=O)c2ccc(Br)cc2Cl)n1. The maximum Gasteiger partial charge on any atom is 0.170 e. The summed E-state index contributed by atoms with van der Waals surface area (Å²) in [6, 6.07) is 7.51.